The zero-order valence-electron chi connectivity index (χ0n) is 8.45. The van der Waals surface area contributed by atoms with E-state index in [1.54, 1.807) is 18.2 Å². The van der Waals surface area contributed by atoms with Crippen molar-refractivity contribution in [2.24, 2.45) is 5.73 Å². The third-order valence-electron chi connectivity index (χ3n) is 1.95. The van der Waals surface area contributed by atoms with E-state index < -0.39 is 0 Å². The number of rotatable bonds is 6. The van der Waals surface area contributed by atoms with Crippen LogP contribution >= 0.6 is 0 Å². The lowest BCUT2D eigenvalue weighted by Crippen LogP contribution is -2.56. The highest BCUT2D eigenvalue weighted by molar-refractivity contribution is 5.67. The quantitative estimate of drug-likeness (QED) is 0.289. The van der Waals surface area contributed by atoms with Gasteiger partial charge in [0.05, 0.1) is 0 Å². The van der Waals surface area contributed by atoms with Crippen molar-refractivity contribution in [1.82, 2.24) is 0 Å². The van der Waals surface area contributed by atoms with E-state index >= 15 is 0 Å². The second-order valence-corrected chi connectivity index (χ2v) is 2.94. The van der Waals surface area contributed by atoms with Gasteiger partial charge >= 0.3 is 0 Å². The lowest BCUT2D eigenvalue weighted by Gasteiger charge is -2.32. The maximum Gasteiger partial charge on any atom is 0.292 e. The van der Waals surface area contributed by atoms with Crippen LogP contribution in [0.25, 0.3) is 0 Å². The van der Waals surface area contributed by atoms with E-state index in [9.17, 15) is 0 Å². The van der Waals surface area contributed by atoms with Crippen LogP contribution in [0, 0.1) is 5.41 Å². The maximum absolute atomic E-state index is 7.52. The average Bonchev–Trinajstić information content (AvgIpc) is 2.05. The molecule has 0 aliphatic carbocycles. The molecule has 0 aromatic rings. The summed E-state index contributed by atoms with van der Waals surface area (Å²) < 4.78 is 0.344. The Labute approximate surface area is 85.4 Å². The highest BCUT2D eigenvalue weighted by Gasteiger charge is 2.27. The zero-order valence-corrected chi connectivity index (χ0v) is 8.45. The molecule has 0 rings (SSSR count). The van der Waals surface area contributed by atoms with Gasteiger partial charge in [0.15, 0.2) is 0 Å². The van der Waals surface area contributed by atoms with Gasteiger partial charge in [-0.25, -0.2) is 5.41 Å². The van der Waals surface area contributed by atoms with Crippen LogP contribution in [0.15, 0.2) is 38.0 Å². The largest absolute Gasteiger partial charge is 0.870 e. The number of nitrogens with one attached hydrogen (secondary N) is 1. The van der Waals surface area contributed by atoms with Crippen molar-refractivity contribution < 1.29 is 9.96 Å². The van der Waals surface area contributed by atoms with E-state index in [4.69, 9.17) is 11.1 Å². The van der Waals surface area contributed by atoms with Crippen molar-refractivity contribution in [3.05, 3.63) is 38.0 Å². The van der Waals surface area contributed by atoms with Gasteiger partial charge in [0, 0.05) is 0 Å². The Bertz CT molecular complexity index is 197. The van der Waals surface area contributed by atoms with Gasteiger partial charge in [0.2, 0.25) is 0 Å². The summed E-state index contributed by atoms with van der Waals surface area (Å²) >= 11 is 0. The number of hydrogen-bond donors (Lipinski definition) is 2. The predicted octanol–water partition coefficient (Wildman–Crippen LogP) is 1.08. The Hall–Kier alpha value is -1.39. The topological polar surface area (TPSA) is 79.9 Å². The summed E-state index contributed by atoms with van der Waals surface area (Å²) in [6.45, 7) is 12.9. The minimum Gasteiger partial charge on any atom is -0.870 e. The van der Waals surface area contributed by atoms with Crippen LogP contribution in [0.3, 0.4) is 0 Å². The fraction of sp³-hybridized carbons (Fsp3) is 0.300. The number of nitrogens with two attached hydrogens (primary N) is 1. The molecule has 4 nitrogen and oxygen atoms in total. The van der Waals surface area contributed by atoms with Gasteiger partial charge in [0.1, 0.15) is 19.6 Å². The van der Waals surface area contributed by atoms with Gasteiger partial charge in [-0.1, -0.05) is 19.7 Å². The molecular formula is C10H19N3O. The van der Waals surface area contributed by atoms with Crippen LogP contribution in [0.2, 0.25) is 0 Å². The first-order valence-electron chi connectivity index (χ1n) is 4.16. The second kappa shape index (κ2) is 7.06. The van der Waals surface area contributed by atoms with Gasteiger partial charge in [-0.15, -0.1) is 0 Å². The summed E-state index contributed by atoms with van der Waals surface area (Å²) in [7, 11) is 0. The van der Waals surface area contributed by atoms with Crippen LogP contribution in [-0.4, -0.2) is 35.6 Å². The molecule has 4 heteroatoms. The number of hydrogen-bond acceptors (Lipinski definition) is 2. The molecule has 0 unspecified atom stereocenters. The Morgan fingerprint density at radius 2 is 1.36 bits per heavy atom. The summed E-state index contributed by atoms with van der Waals surface area (Å²) in [4.78, 5) is 0. The molecule has 0 atom stereocenters. The molecular weight excluding hydrogens is 178 g/mol. The normalized spacial score (nSPS) is 9.71. The van der Waals surface area contributed by atoms with Gasteiger partial charge < -0.3 is 11.2 Å². The third kappa shape index (κ3) is 3.55. The monoisotopic (exact) mass is 197 g/mol. The minimum absolute atomic E-state index is 0. The molecule has 0 fully saturated rings. The molecule has 0 aromatic heterocycles. The molecule has 80 valence electrons. The Balaban J connectivity index is 0. The fourth-order valence-corrected chi connectivity index (χ4v) is 1.26. The van der Waals surface area contributed by atoms with E-state index in [1.165, 1.54) is 0 Å². The molecule has 0 amide bonds. The predicted molar refractivity (Wildman–Crippen MR) is 59.3 cm³/mol. The lowest BCUT2D eigenvalue weighted by atomic mass is 10.3. The number of nitrogens with zero attached hydrogens (tertiary/aromatic N) is 1. The van der Waals surface area contributed by atoms with Crippen molar-refractivity contribution in [2.45, 2.75) is 0 Å². The van der Waals surface area contributed by atoms with E-state index in [0.717, 1.165) is 0 Å². The highest BCUT2D eigenvalue weighted by Crippen LogP contribution is 2.06. The van der Waals surface area contributed by atoms with Crippen LogP contribution in [-0.2, 0) is 0 Å². The molecule has 0 saturated heterocycles. The van der Waals surface area contributed by atoms with Crippen molar-refractivity contribution in [1.29, 1.82) is 5.41 Å². The average molecular weight is 197 g/mol. The van der Waals surface area contributed by atoms with Gasteiger partial charge in [-0.05, 0) is 18.2 Å². The van der Waals surface area contributed by atoms with Gasteiger partial charge in [-0.2, -0.15) is 0 Å². The van der Waals surface area contributed by atoms with Crippen LogP contribution < -0.4 is 5.73 Å². The summed E-state index contributed by atoms with van der Waals surface area (Å²) in [6.07, 6.45) is 5.28. The van der Waals surface area contributed by atoms with Crippen molar-refractivity contribution in [2.75, 3.05) is 19.6 Å². The third-order valence-corrected chi connectivity index (χ3v) is 1.95. The van der Waals surface area contributed by atoms with Gasteiger partial charge in [-0.3, -0.25) is 4.48 Å². The van der Waals surface area contributed by atoms with Crippen LogP contribution in [0.5, 0.6) is 0 Å². The maximum atomic E-state index is 7.52. The van der Waals surface area contributed by atoms with Crippen LogP contribution in [0.1, 0.15) is 0 Å². The van der Waals surface area contributed by atoms with E-state index in [1.807, 2.05) is 0 Å². The van der Waals surface area contributed by atoms with Gasteiger partial charge in [0.25, 0.3) is 5.96 Å². The van der Waals surface area contributed by atoms with Crippen molar-refractivity contribution in [3.8, 4) is 0 Å². The molecule has 0 spiro atoms. The van der Waals surface area contributed by atoms with Crippen LogP contribution in [0.4, 0.5) is 0 Å². The second-order valence-electron chi connectivity index (χ2n) is 2.94. The summed E-state index contributed by atoms with van der Waals surface area (Å²) in [6, 6.07) is 0. The molecule has 14 heavy (non-hydrogen) atoms. The standard InChI is InChI=1S/C10H18N3.H2O/c1-4-7-13(8-5-2,9-6-3)10(11)12;/h4-6H,1-3,7-9H2,(H3,11,12);1H2/q+1;/p-1. The van der Waals surface area contributed by atoms with Crippen molar-refractivity contribution >= 4 is 5.96 Å². The summed E-state index contributed by atoms with van der Waals surface area (Å²) in [5.41, 5.74) is 5.54. The summed E-state index contributed by atoms with van der Waals surface area (Å²) in [5.74, 6) is 0.125. The Morgan fingerprint density at radius 3 is 1.50 bits per heavy atom. The van der Waals surface area contributed by atoms with E-state index in [-0.39, 0.29) is 11.4 Å². The molecule has 0 aliphatic heterocycles. The zero-order chi connectivity index (χ0) is 10.3. The first kappa shape index (κ1) is 15.1. The SMILES string of the molecule is C=CC[N+](CC=C)(CC=C)C(=N)N.[OH-]. The van der Waals surface area contributed by atoms with E-state index in [0.29, 0.717) is 24.1 Å². The molecule has 0 heterocycles. The molecule has 4 N–H and O–H groups in total. The first-order chi connectivity index (χ1) is 6.13. The van der Waals surface area contributed by atoms with Crippen molar-refractivity contribution in [3.63, 3.8) is 0 Å². The lowest BCUT2D eigenvalue weighted by molar-refractivity contribution is -0.825. The molecule has 0 aliphatic rings. The minimum atomic E-state index is 0. The molecule has 0 aromatic carbocycles. The molecule has 0 saturated carbocycles. The molecule has 0 radical (unpaired) electrons. The smallest absolute Gasteiger partial charge is 0.292 e. The first-order valence-corrected chi connectivity index (χ1v) is 4.16. The highest BCUT2D eigenvalue weighted by atomic mass is 16.0. The summed E-state index contributed by atoms with van der Waals surface area (Å²) in [5, 5.41) is 7.52. The molecule has 0 bridgehead atoms. The number of quaternary nitrogens is 1. The number of guanidine groups is 1. The Kier molecular flexibility index (Phi) is 7.61. The fourth-order valence-electron chi connectivity index (χ4n) is 1.26. The van der Waals surface area contributed by atoms with E-state index in [2.05, 4.69) is 19.7 Å². The Morgan fingerprint density at radius 1 is 1.07 bits per heavy atom.